The van der Waals surface area contributed by atoms with E-state index in [0.29, 0.717) is 16.9 Å². The first-order valence-corrected chi connectivity index (χ1v) is 9.94. The van der Waals surface area contributed by atoms with Gasteiger partial charge in [0.2, 0.25) is 0 Å². The molecule has 0 aliphatic carbocycles. The first-order valence-electron chi connectivity index (χ1n) is 8.13. The van der Waals surface area contributed by atoms with Crippen LogP contribution in [0.3, 0.4) is 0 Å². The van der Waals surface area contributed by atoms with Crippen molar-refractivity contribution in [3.8, 4) is 0 Å². The van der Waals surface area contributed by atoms with Crippen LogP contribution in [0, 0.1) is 17.0 Å². The Morgan fingerprint density at radius 2 is 2.07 bits per heavy atom. The van der Waals surface area contributed by atoms with E-state index < -0.39 is 4.92 Å². The number of nitro benzene ring substituents is 1. The average molecular weight is 399 g/mol. The monoisotopic (exact) mass is 399 g/mol. The first kappa shape index (κ1) is 19.1. The SMILES string of the molecule is C=CCn1c(=NC(=O)CSc2ccc(C)cc2)sc2ccc([N+](=O)[O-])cc21. The molecule has 0 radical (unpaired) electrons. The van der Waals surface area contributed by atoms with E-state index in [4.69, 9.17) is 0 Å². The van der Waals surface area contributed by atoms with E-state index >= 15 is 0 Å². The number of benzene rings is 2. The maximum absolute atomic E-state index is 12.3. The number of carbonyl (C=O) groups is 1. The summed E-state index contributed by atoms with van der Waals surface area (Å²) in [4.78, 5) is 28.7. The van der Waals surface area contributed by atoms with Gasteiger partial charge in [-0.2, -0.15) is 4.99 Å². The average Bonchev–Trinajstić information content (AvgIpc) is 2.98. The molecule has 0 unspecified atom stereocenters. The second-order valence-electron chi connectivity index (χ2n) is 5.80. The van der Waals surface area contributed by atoms with Crippen molar-refractivity contribution in [1.29, 1.82) is 0 Å². The molecule has 0 atom stereocenters. The van der Waals surface area contributed by atoms with Crippen molar-refractivity contribution in [3.63, 3.8) is 0 Å². The number of carbonyl (C=O) groups excluding carboxylic acids is 1. The van der Waals surface area contributed by atoms with Gasteiger partial charge >= 0.3 is 0 Å². The topological polar surface area (TPSA) is 77.5 Å². The third-order valence-corrected chi connectivity index (χ3v) is 5.85. The van der Waals surface area contributed by atoms with Crippen molar-refractivity contribution in [1.82, 2.24) is 4.57 Å². The van der Waals surface area contributed by atoms with Crippen molar-refractivity contribution >= 4 is 44.9 Å². The van der Waals surface area contributed by atoms with Gasteiger partial charge in [0.05, 0.1) is 20.9 Å². The van der Waals surface area contributed by atoms with Crippen LogP contribution in [0.5, 0.6) is 0 Å². The lowest BCUT2D eigenvalue weighted by Gasteiger charge is -2.01. The summed E-state index contributed by atoms with van der Waals surface area (Å²) < 4.78 is 2.61. The number of hydrogen-bond acceptors (Lipinski definition) is 5. The van der Waals surface area contributed by atoms with E-state index in [1.54, 1.807) is 16.7 Å². The van der Waals surface area contributed by atoms with Gasteiger partial charge in [0.25, 0.3) is 11.6 Å². The van der Waals surface area contributed by atoms with E-state index in [1.807, 2.05) is 31.2 Å². The van der Waals surface area contributed by atoms with Crippen LogP contribution in [-0.2, 0) is 11.3 Å². The molecule has 8 heteroatoms. The van der Waals surface area contributed by atoms with Gasteiger partial charge in [0.15, 0.2) is 4.80 Å². The Labute approximate surface area is 164 Å². The molecule has 0 saturated carbocycles. The number of thioether (sulfide) groups is 1. The number of thiazole rings is 1. The summed E-state index contributed by atoms with van der Waals surface area (Å²) in [7, 11) is 0. The van der Waals surface area contributed by atoms with Crippen molar-refractivity contribution in [3.05, 3.63) is 75.6 Å². The molecule has 0 spiro atoms. The predicted octanol–water partition coefficient (Wildman–Crippen LogP) is 4.33. The third kappa shape index (κ3) is 4.53. The number of aryl methyl sites for hydroxylation is 1. The van der Waals surface area contributed by atoms with E-state index in [0.717, 1.165) is 9.60 Å². The van der Waals surface area contributed by atoms with Crippen LogP contribution in [0.4, 0.5) is 5.69 Å². The van der Waals surface area contributed by atoms with Crippen molar-refractivity contribution in [2.24, 2.45) is 4.99 Å². The van der Waals surface area contributed by atoms with Crippen LogP contribution < -0.4 is 4.80 Å². The minimum atomic E-state index is -0.435. The highest BCUT2D eigenvalue weighted by Gasteiger charge is 2.12. The maximum atomic E-state index is 12.3. The van der Waals surface area contributed by atoms with Crippen LogP contribution in [0.25, 0.3) is 10.2 Å². The van der Waals surface area contributed by atoms with Crippen molar-refractivity contribution < 1.29 is 9.72 Å². The van der Waals surface area contributed by atoms with Crippen molar-refractivity contribution in [2.75, 3.05) is 5.75 Å². The number of nitro groups is 1. The Hall–Kier alpha value is -2.71. The second kappa shape index (κ2) is 8.32. The maximum Gasteiger partial charge on any atom is 0.271 e. The van der Waals surface area contributed by atoms with Gasteiger partial charge < -0.3 is 4.57 Å². The van der Waals surface area contributed by atoms with Gasteiger partial charge in [0, 0.05) is 23.6 Å². The van der Waals surface area contributed by atoms with Crippen molar-refractivity contribution in [2.45, 2.75) is 18.4 Å². The second-order valence-corrected chi connectivity index (χ2v) is 7.86. The number of non-ortho nitro benzene ring substituents is 1. The van der Waals surface area contributed by atoms with E-state index in [9.17, 15) is 14.9 Å². The van der Waals surface area contributed by atoms with Gasteiger partial charge in [-0.25, -0.2) is 0 Å². The summed E-state index contributed by atoms with van der Waals surface area (Å²) in [5, 5.41) is 11.0. The van der Waals surface area contributed by atoms with Crippen LogP contribution in [0.1, 0.15) is 5.56 Å². The molecule has 2 aromatic carbocycles. The zero-order chi connectivity index (χ0) is 19.4. The highest BCUT2D eigenvalue weighted by atomic mass is 32.2. The molecule has 0 aliphatic heterocycles. The highest BCUT2D eigenvalue weighted by Crippen LogP contribution is 2.23. The summed E-state index contributed by atoms with van der Waals surface area (Å²) in [5.74, 6) is -0.0228. The Balaban J connectivity index is 1.90. The lowest BCUT2D eigenvalue weighted by molar-refractivity contribution is -0.384. The molecule has 27 heavy (non-hydrogen) atoms. The predicted molar refractivity (Wildman–Crippen MR) is 109 cm³/mol. The van der Waals surface area contributed by atoms with E-state index in [-0.39, 0.29) is 17.3 Å². The number of amides is 1. The van der Waals surface area contributed by atoms with Gasteiger partial charge in [-0.15, -0.1) is 18.3 Å². The lowest BCUT2D eigenvalue weighted by Crippen LogP contribution is -2.16. The number of nitrogens with zero attached hydrogens (tertiary/aromatic N) is 3. The van der Waals surface area contributed by atoms with E-state index in [2.05, 4.69) is 11.6 Å². The molecule has 6 nitrogen and oxygen atoms in total. The molecule has 3 rings (SSSR count). The molecule has 3 aromatic rings. The third-order valence-electron chi connectivity index (χ3n) is 3.79. The van der Waals surface area contributed by atoms with E-state index in [1.165, 1.54) is 40.8 Å². The minimum Gasteiger partial charge on any atom is -0.312 e. The molecule has 1 aromatic heterocycles. The zero-order valence-corrected chi connectivity index (χ0v) is 16.3. The molecule has 138 valence electrons. The molecule has 0 fully saturated rings. The Morgan fingerprint density at radius 3 is 2.74 bits per heavy atom. The Bertz CT molecular complexity index is 1080. The fourth-order valence-corrected chi connectivity index (χ4v) is 4.20. The molecule has 0 N–H and O–H groups in total. The number of aromatic nitrogens is 1. The number of hydrogen-bond donors (Lipinski definition) is 0. The van der Waals surface area contributed by atoms with Gasteiger partial charge in [-0.3, -0.25) is 14.9 Å². The molecule has 1 heterocycles. The molecule has 0 aliphatic rings. The Kier molecular flexibility index (Phi) is 5.88. The van der Waals surface area contributed by atoms with Gasteiger partial charge in [0.1, 0.15) is 0 Å². The summed E-state index contributed by atoms with van der Waals surface area (Å²) in [5.41, 5.74) is 1.85. The first-order chi connectivity index (χ1) is 13.0. The van der Waals surface area contributed by atoms with Crippen LogP contribution in [-0.4, -0.2) is 21.2 Å². The zero-order valence-electron chi connectivity index (χ0n) is 14.6. The lowest BCUT2D eigenvalue weighted by atomic mass is 10.2. The molecule has 1 amide bonds. The fraction of sp³-hybridized carbons (Fsp3) is 0.158. The number of allylic oxidation sites excluding steroid dienone is 1. The standard InChI is InChI=1S/C19H17N3O3S2/c1-3-10-21-16-11-14(22(24)25)6-9-17(16)27-19(21)20-18(23)12-26-15-7-4-13(2)5-8-15/h3-9,11H,1,10,12H2,2H3. The molecule has 0 bridgehead atoms. The van der Waals surface area contributed by atoms with Gasteiger partial charge in [-0.1, -0.05) is 35.1 Å². The smallest absolute Gasteiger partial charge is 0.271 e. The summed E-state index contributed by atoms with van der Waals surface area (Å²) in [6.07, 6.45) is 1.68. The number of rotatable bonds is 6. The van der Waals surface area contributed by atoms with Crippen LogP contribution in [0.15, 0.2) is 65.0 Å². The highest BCUT2D eigenvalue weighted by molar-refractivity contribution is 8.00. The van der Waals surface area contributed by atoms with Crippen LogP contribution in [0.2, 0.25) is 0 Å². The largest absolute Gasteiger partial charge is 0.312 e. The molecule has 0 saturated heterocycles. The summed E-state index contributed by atoms with van der Waals surface area (Å²) in [6.45, 7) is 6.15. The number of fused-ring (bicyclic) bond motifs is 1. The fourth-order valence-electron chi connectivity index (χ4n) is 2.48. The molecular formula is C19H17N3O3S2. The van der Waals surface area contributed by atoms with Crippen LogP contribution >= 0.6 is 23.1 Å². The Morgan fingerprint density at radius 1 is 1.33 bits per heavy atom. The minimum absolute atomic E-state index is 0.00548. The van der Waals surface area contributed by atoms with Gasteiger partial charge in [-0.05, 0) is 25.1 Å². The molecular weight excluding hydrogens is 382 g/mol. The quantitative estimate of drug-likeness (QED) is 0.268. The normalized spacial score (nSPS) is 11.7. The summed E-state index contributed by atoms with van der Waals surface area (Å²) in [6, 6.07) is 12.6. The summed E-state index contributed by atoms with van der Waals surface area (Å²) >= 11 is 2.76.